The van der Waals surface area contributed by atoms with Gasteiger partial charge >= 0.3 is 0 Å². The highest BCUT2D eigenvalue weighted by atomic mass is 14.9. The van der Waals surface area contributed by atoms with Crippen molar-refractivity contribution in [1.82, 2.24) is 0 Å². The van der Waals surface area contributed by atoms with Crippen LogP contribution in [0.2, 0.25) is 0 Å². The van der Waals surface area contributed by atoms with Gasteiger partial charge in [-0.2, -0.15) is 0 Å². The van der Waals surface area contributed by atoms with Crippen molar-refractivity contribution < 1.29 is 0 Å². The van der Waals surface area contributed by atoms with Crippen LogP contribution in [0.15, 0.2) is 71.7 Å². The van der Waals surface area contributed by atoms with E-state index in [0.717, 1.165) is 5.71 Å². The van der Waals surface area contributed by atoms with Gasteiger partial charge in [0.2, 0.25) is 0 Å². The fraction of sp³-hybridized carbons (Fsp3) is 0.136. The van der Waals surface area contributed by atoms with Crippen LogP contribution in [-0.2, 0) is 5.54 Å². The van der Waals surface area contributed by atoms with E-state index in [2.05, 4.69) is 80.6 Å². The largest absolute Gasteiger partial charge is 0.275 e. The van der Waals surface area contributed by atoms with Gasteiger partial charge in [-0.3, -0.25) is 4.99 Å². The third-order valence-electron chi connectivity index (χ3n) is 5.13. The zero-order chi connectivity index (χ0) is 15.6. The first-order chi connectivity index (χ1) is 11.2. The third kappa shape index (κ3) is 1.65. The van der Waals surface area contributed by atoms with Crippen LogP contribution in [0.4, 0.5) is 0 Å². The van der Waals surface area contributed by atoms with Gasteiger partial charge in [-0.05, 0) is 57.8 Å². The zero-order valence-electron chi connectivity index (χ0n) is 13.3. The Labute approximate surface area is 135 Å². The van der Waals surface area contributed by atoms with Gasteiger partial charge in [-0.15, -0.1) is 0 Å². The predicted octanol–water partition coefficient (Wildman–Crippen LogP) is 5.83. The molecule has 0 N–H and O–H groups in total. The quantitative estimate of drug-likeness (QED) is 0.392. The summed E-state index contributed by atoms with van der Waals surface area (Å²) in [6.07, 6.45) is 4.34. The van der Waals surface area contributed by atoms with E-state index in [4.69, 9.17) is 4.99 Å². The third-order valence-corrected chi connectivity index (χ3v) is 5.13. The van der Waals surface area contributed by atoms with Crippen LogP contribution >= 0.6 is 0 Å². The van der Waals surface area contributed by atoms with Crippen LogP contribution in [0.3, 0.4) is 0 Å². The van der Waals surface area contributed by atoms with E-state index in [1.54, 1.807) is 0 Å². The lowest BCUT2D eigenvalue weighted by Gasteiger charge is -2.23. The smallest absolute Gasteiger partial charge is 0.102 e. The molecule has 1 aliphatic rings. The molecule has 4 aromatic rings. The molecule has 0 fully saturated rings. The van der Waals surface area contributed by atoms with Gasteiger partial charge in [0, 0.05) is 5.71 Å². The SMILES string of the molecule is CC1=NC(C)(c2ccc3ccc4cccc5ccc2c3c45)C=C1. The van der Waals surface area contributed by atoms with Crippen LogP contribution in [0.5, 0.6) is 0 Å². The number of allylic oxidation sites excluding steroid dienone is 1. The first-order valence-electron chi connectivity index (χ1n) is 8.08. The van der Waals surface area contributed by atoms with E-state index >= 15 is 0 Å². The van der Waals surface area contributed by atoms with Crippen molar-refractivity contribution in [3.63, 3.8) is 0 Å². The summed E-state index contributed by atoms with van der Waals surface area (Å²) >= 11 is 0. The highest BCUT2D eigenvalue weighted by Crippen LogP contribution is 2.41. The Kier molecular flexibility index (Phi) is 2.34. The summed E-state index contributed by atoms with van der Waals surface area (Å²) in [5.74, 6) is 0. The molecular weight excluding hydrogens is 278 g/mol. The Morgan fingerprint density at radius 2 is 1.43 bits per heavy atom. The monoisotopic (exact) mass is 295 g/mol. The van der Waals surface area contributed by atoms with E-state index in [1.165, 1.54) is 37.9 Å². The summed E-state index contributed by atoms with van der Waals surface area (Å²) in [5.41, 5.74) is 2.13. The molecular formula is C22H17N. The fourth-order valence-corrected chi connectivity index (χ4v) is 4.05. The maximum Gasteiger partial charge on any atom is 0.102 e. The topological polar surface area (TPSA) is 12.4 Å². The van der Waals surface area contributed by atoms with E-state index in [9.17, 15) is 0 Å². The minimum absolute atomic E-state index is 0.258. The molecule has 0 bridgehead atoms. The van der Waals surface area contributed by atoms with Crippen LogP contribution in [-0.4, -0.2) is 5.71 Å². The van der Waals surface area contributed by atoms with Crippen molar-refractivity contribution in [3.8, 4) is 0 Å². The number of hydrogen-bond acceptors (Lipinski definition) is 1. The molecule has 1 nitrogen and oxygen atoms in total. The fourth-order valence-electron chi connectivity index (χ4n) is 4.05. The van der Waals surface area contributed by atoms with Crippen molar-refractivity contribution in [1.29, 1.82) is 0 Å². The molecule has 1 atom stereocenters. The van der Waals surface area contributed by atoms with Gasteiger partial charge in [-0.1, -0.05) is 60.7 Å². The molecule has 110 valence electrons. The minimum Gasteiger partial charge on any atom is -0.275 e. The van der Waals surface area contributed by atoms with Crippen LogP contribution in [0.1, 0.15) is 19.4 Å². The number of nitrogens with zero attached hydrogens (tertiary/aromatic N) is 1. The second-order valence-corrected chi connectivity index (χ2v) is 6.70. The first kappa shape index (κ1) is 12.8. The summed E-state index contributed by atoms with van der Waals surface area (Å²) in [6.45, 7) is 4.27. The average molecular weight is 295 g/mol. The van der Waals surface area contributed by atoms with Crippen LogP contribution in [0.25, 0.3) is 32.3 Å². The Balaban J connectivity index is 1.98. The molecule has 0 aromatic heterocycles. The second kappa shape index (κ2) is 4.20. The standard InChI is InChI=1S/C22H17N/c1-14-12-13-22(2,23-14)19-11-9-17-7-6-15-4-3-5-16-8-10-18(19)21(17)20(15)16/h3-13H,1-2H3. The molecule has 1 aliphatic heterocycles. The van der Waals surface area contributed by atoms with Crippen LogP contribution < -0.4 is 0 Å². The highest BCUT2D eigenvalue weighted by molar-refractivity contribution is 6.23. The summed E-state index contributed by atoms with van der Waals surface area (Å²) in [6, 6.07) is 20.0. The highest BCUT2D eigenvalue weighted by Gasteiger charge is 2.28. The van der Waals surface area contributed by atoms with Crippen molar-refractivity contribution in [2.75, 3.05) is 0 Å². The van der Waals surface area contributed by atoms with Crippen molar-refractivity contribution >= 4 is 38.0 Å². The van der Waals surface area contributed by atoms with Crippen molar-refractivity contribution in [3.05, 3.63) is 72.3 Å². The van der Waals surface area contributed by atoms with Gasteiger partial charge in [-0.25, -0.2) is 0 Å². The van der Waals surface area contributed by atoms with E-state index in [0.29, 0.717) is 0 Å². The summed E-state index contributed by atoms with van der Waals surface area (Å²) in [5, 5.41) is 7.98. The summed E-state index contributed by atoms with van der Waals surface area (Å²) in [4.78, 5) is 4.88. The van der Waals surface area contributed by atoms with Crippen LogP contribution in [0, 0.1) is 0 Å². The molecule has 0 amide bonds. The molecule has 1 heteroatoms. The van der Waals surface area contributed by atoms with Gasteiger partial charge in [0.05, 0.1) is 0 Å². The molecule has 0 spiro atoms. The molecule has 0 radical (unpaired) electrons. The molecule has 0 saturated carbocycles. The van der Waals surface area contributed by atoms with Gasteiger partial charge in [0.15, 0.2) is 0 Å². The van der Waals surface area contributed by atoms with E-state index in [-0.39, 0.29) is 5.54 Å². The second-order valence-electron chi connectivity index (χ2n) is 6.70. The van der Waals surface area contributed by atoms with E-state index in [1.807, 2.05) is 0 Å². The van der Waals surface area contributed by atoms with Crippen molar-refractivity contribution in [2.24, 2.45) is 4.99 Å². The number of rotatable bonds is 1. The molecule has 0 aliphatic carbocycles. The summed E-state index contributed by atoms with van der Waals surface area (Å²) in [7, 11) is 0. The lowest BCUT2D eigenvalue weighted by atomic mass is 9.85. The van der Waals surface area contributed by atoms with E-state index < -0.39 is 0 Å². The Hall–Kier alpha value is -2.67. The molecule has 5 rings (SSSR count). The Morgan fingerprint density at radius 1 is 0.783 bits per heavy atom. The predicted molar refractivity (Wildman–Crippen MR) is 99.7 cm³/mol. The molecule has 1 heterocycles. The number of hydrogen-bond donors (Lipinski definition) is 0. The minimum atomic E-state index is -0.258. The van der Waals surface area contributed by atoms with Gasteiger partial charge in [0.25, 0.3) is 0 Å². The maximum atomic E-state index is 4.88. The van der Waals surface area contributed by atoms with Gasteiger partial charge in [0.1, 0.15) is 5.54 Å². The average Bonchev–Trinajstić information content (AvgIpc) is 2.92. The lowest BCUT2D eigenvalue weighted by molar-refractivity contribution is 0.652. The maximum absolute atomic E-state index is 4.88. The zero-order valence-corrected chi connectivity index (χ0v) is 13.3. The molecule has 1 unspecified atom stereocenters. The van der Waals surface area contributed by atoms with Crippen molar-refractivity contribution in [2.45, 2.75) is 19.4 Å². The normalized spacial score (nSPS) is 20.9. The molecule has 4 aromatic carbocycles. The summed E-state index contributed by atoms with van der Waals surface area (Å²) < 4.78 is 0. The Morgan fingerprint density at radius 3 is 2.13 bits per heavy atom. The number of benzene rings is 4. The Bertz CT molecular complexity index is 1120. The molecule has 23 heavy (non-hydrogen) atoms. The first-order valence-corrected chi connectivity index (χ1v) is 8.08. The lowest BCUT2D eigenvalue weighted by Crippen LogP contribution is -2.14. The molecule has 0 saturated heterocycles. The number of aliphatic imine (C=N–C) groups is 1. The van der Waals surface area contributed by atoms with Gasteiger partial charge < -0.3 is 0 Å².